The van der Waals surface area contributed by atoms with Crippen LogP contribution < -0.4 is 0 Å². The Labute approximate surface area is 39.3 Å². The monoisotopic (exact) mass is 86.1 g/mol. The van der Waals surface area contributed by atoms with E-state index in [2.05, 4.69) is 11.2 Å². The van der Waals surface area contributed by atoms with Crippen LogP contribution in [-0.4, -0.2) is 13.7 Å². The van der Waals surface area contributed by atoms with E-state index in [1.807, 2.05) is 6.92 Å². The van der Waals surface area contributed by atoms with E-state index in [0.717, 1.165) is 6.42 Å². The molecule has 0 aromatic carbocycles. The van der Waals surface area contributed by atoms with Crippen molar-refractivity contribution in [3.8, 4) is 0 Å². The Morgan fingerprint density at radius 2 is 2.33 bits per heavy atom. The highest BCUT2D eigenvalue weighted by atomic mass is 16.5. The maximum absolute atomic E-state index is 4.67. The van der Waals surface area contributed by atoms with E-state index in [1.54, 1.807) is 7.11 Å². The van der Waals surface area contributed by atoms with Crippen LogP contribution in [0.15, 0.2) is 0 Å². The zero-order valence-electron chi connectivity index (χ0n) is 4.32. The number of methoxy groups -OCH3 is 1. The van der Waals surface area contributed by atoms with Gasteiger partial charge in [0.05, 0.1) is 6.61 Å². The molecule has 0 fully saturated rings. The fraction of sp³-hybridized carbons (Fsp3) is 0.800. The molecule has 0 spiro atoms. The highest BCUT2D eigenvalue weighted by Crippen LogP contribution is 1.81. The van der Waals surface area contributed by atoms with Crippen molar-refractivity contribution >= 4 is 0 Å². The van der Waals surface area contributed by atoms with Gasteiger partial charge < -0.3 is 4.74 Å². The maximum atomic E-state index is 4.67. The molecule has 0 bridgehead atoms. The topological polar surface area (TPSA) is 9.23 Å². The van der Waals surface area contributed by atoms with Crippen LogP contribution in [0, 0.1) is 6.42 Å². The lowest BCUT2D eigenvalue weighted by molar-refractivity contribution is 0.221. The van der Waals surface area contributed by atoms with Gasteiger partial charge in [-0.3, -0.25) is 0 Å². The van der Waals surface area contributed by atoms with Gasteiger partial charge in [0.25, 0.3) is 0 Å². The summed E-state index contributed by atoms with van der Waals surface area (Å²) in [5.74, 6) is 0. The van der Waals surface area contributed by atoms with Crippen LogP contribution in [0.3, 0.4) is 0 Å². The first-order valence-corrected chi connectivity index (χ1v) is 2.11. The minimum Gasteiger partial charge on any atom is -0.384 e. The van der Waals surface area contributed by atoms with Crippen molar-refractivity contribution in [3.05, 3.63) is 6.42 Å². The Morgan fingerprint density at radius 1 is 1.67 bits per heavy atom. The van der Waals surface area contributed by atoms with Crippen LogP contribution in [0.5, 0.6) is 0 Å². The second-order valence-electron chi connectivity index (χ2n) is 1.04. The van der Waals surface area contributed by atoms with Gasteiger partial charge in [0.15, 0.2) is 0 Å². The molecule has 2 radical (unpaired) electrons. The molecule has 0 aliphatic rings. The van der Waals surface area contributed by atoms with Gasteiger partial charge in [0.1, 0.15) is 0 Å². The smallest absolute Gasteiger partial charge is 0.0531 e. The summed E-state index contributed by atoms with van der Waals surface area (Å²) in [7, 11) is 1.67. The zero-order chi connectivity index (χ0) is 4.83. The average Bonchev–Trinajstić information content (AvgIpc) is 1.61. The molecule has 0 aromatic heterocycles. The number of hydrogen-bond acceptors (Lipinski definition) is 1. The first-order chi connectivity index (χ1) is 2.91. The van der Waals surface area contributed by atoms with Crippen molar-refractivity contribution in [2.75, 3.05) is 13.7 Å². The summed E-state index contributed by atoms with van der Waals surface area (Å²) < 4.78 is 4.67. The standard InChI is InChI=1S/C5H10O/c1-3-4-5-6-2/h3,5H2,1-2H3. The number of unbranched alkanes of at least 4 members (excludes halogenated alkanes) is 1. The molecule has 0 saturated heterocycles. The number of rotatable bonds is 3. The predicted molar refractivity (Wildman–Crippen MR) is 25.4 cm³/mol. The number of ether oxygens (including phenoxy) is 1. The lowest BCUT2D eigenvalue weighted by Gasteiger charge is -1.88. The minimum atomic E-state index is 0.663. The molecule has 6 heavy (non-hydrogen) atoms. The molecule has 0 unspecified atom stereocenters. The summed E-state index contributed by atoms with van der Waals surface area (Å²) in [6.07, 6.45) is 3.96. The Kier molecular flexibility index (Phi) is 4.93. The van der Waals surface area contributed by atoms with Crippen LogP contribution in [0.2, 0.25) is 0 Å². The quantitative estimate of drug-likeness (QED) is 0.468. The van der Waals surface area contributed by atoms with Gasteiger partial charge in [0, 0.05) is 13.5 Å². The molecule has 0 heterocycles. The Morgan fingerprint density at radius 3 is 2.50 bits per heavy atom. The first kappa shape index (κ1) is 5.96. The van der Waals surface area contributed by atoms with Crippen molar-refractivity contribution in [2.24, 2.45) is 0 Å². The lowest BCUT2D eigenvalue weighted by Crippen LogP contribution is -1.85. The Hall–Kier alpha value is -0.0400. The van der Waals surface area contributed by atoms with E-state index in [-0.39, 0.29) is 0 Å². The largest absolute Gasteiger partial charge is 0.384 e. The van der Waals surface area contributed by atoms with Crippen LogP contribution in [0.25, 0.3) is 0 Å². The summed E-state index contributed by atoms with van der Waals surface area (Å²) in [5, 5.41) is 0. The molecule has 0 aliphatic heterocycles. The highest BCUT2D eigenvalue weighted by Gasteiger charge is 1.76. The lowest BCUT2D eigenvalue weighted by atomic mass is 10.4. The van der Waals surface area contributed by atoms with Gasteiger partial charge in [-0.1, -0.05) is 6.92 Å². The SMILES string of the molecule is CC[C]COC. The molecule has 36 valence electrons. The molecule has 0 aromatic rings. The van der Waals surface area contributed by atoms with Gasteiger partial charge in [-0.2, -0.15) is 0 Å². The third-order valence-electron chi connectivity index (χ3n) is 0.496. The van der Waals surface area contributed by atoms with E-state index in [9.17, 15) is 0 Å². The third kappa shape index (κ3) is 3.96. The van der Waals surface area contributed by atoms with Crippen molar-refractivity contribution in [2.45, 2.75) is 13.3 Å². The molecule has 0 N–H and O–H groups in total. The second-order valence-corrected chi connectivity index (χ2v) is 1.04. The summed E-state index contributed by atoms with van der Waals surface area (Å²) >= 11 is 0. The van der Waals surface area contributed by atoms with Crippen molar-refractivity contribution in [1.29, 1.82) is 0 Å². The average molecular weight is 86.1 g/mol. The van der Waals surface area contributed by atoms with Gasteiger partial charge in [-0.25, -0.2) is 0 Å². The number of hydrogen-bond donors (Lipinski definition) is 0. The molecular weight excluding hydrogens is 76.1 g/mol. The van der Waals surface area contributed by atoms with E-state index in [1.165, 1.54) is 0 Å². The highest BCUT2D eigenvalue weighted by molar-refractivity contribution is 4.56. The molecule has 1 heteroatoms. The first-order valence-electron chi connectivity index (χ1n) is 2.11. The zero-order valence-corrected chi connectivity index (χ0v) is 4.32. The fourth-order valence-corrected chi connectivity index (χ4v) is 0.204. The van der Waals surface area contributed by atoms with Crippen LogP contribution >= 0.6 is 0 Å². The summed E-state index contributed by atoms with van der Waals surface area (Å²) in [6, 6.07) is 0. The van der Waals surface area contributed by atoms with Crippen molar-refractivity contribution < 1.29 is 4.74 Å². The molecule has 0 rings (SSSR count). The van der Waals surface area contributed by atoms with Gasteiger partial charge in [-0.05, 0) is 6.42 Å². The van der Waals surface area contributed by atoms with Crippen LogP contribution in [-0.2, 0) is 4.74 Å². The minimum absolute atomic E-state index is 0.663. The van der Waals surface area contributed by atoms with E-state index < -0.39 is 0 Å². The molecule has 0 aliphatic carbocycles. The molecule has 0 amide bonds. The summed E-state index contributed by atoms with van der Waals surface area (Å²) in [5.41, 5.74) is 0. The van der Waals surface area contributed by atoms with E-state index >= 15 is 0 Å². The Balaban J connectivity index is 2.34. The third-order valence-corrected chi connectivity index (χ3v) is 0.496. The normalized spacial score (nSPS) is 9.00. The Bertz CT molecular complexity index is 15.9. The maximum Gasteiger partial charge on any atom is 0.0531 e. The second kappa shape index (κ2) is 4.96. The summed E-state index contributed by atoms with van der Waals surface area (Å²) in [4.78, 5) is 0. The van der Waals surface area contributed by atoms with Gasteiger partial charge in [-0.15, -0.1) is 0 Å². The molecule has 0 saturated carbocycles. The molecule has 1 nitrogen and oxygen atoms in total. The van der Waals surface area contributed by atoms with Crippen LogP contribution in [0.4, 0.5) is 0 Å². The van der Waals surface area contributed by atoms with Crippen molar-refractivity contribution in [1.82, 2.24) is 0 Å². The van der Waals surface area contributed by atoms with E-state index in [0.29, 0.717) is 6.61 Å². The molecular formula is C5H10O. The fourth-order valence-electron chi connectivity index (χ4n) is 0.204. The van der Waals surface area contributed by atoms with E-state index in [4.69, 9.17) is 0 Å². The predicted octanol–water partition coefficient (Wildman–Crippen LogP) is 1.12. The molecule has 0 atom stereocenters. The van der Waals surface area contributed by atoms with Gasteiger partial charge >= 0.3 is 0 Å². The summed E-state index contributed by atoms with van der Waals surface area (Å²) in [6.45, 7) is 2.70. The van der Waals surface area contributed by atoms with Crippen molar-refractivity contribution in [3.63, 3.8) is 0 Å². The van der Waals surface area contributed by atoms with Crippen LogP contribution in [0.1, 0.15) is 13.3 Å². The van der Waals surface area contributed by atoms with Gasteiger partial charge in [0.2, 0.25) is 0 Å².